The third-order valence-corrected chi connectivity index (χ3v) is 4.03. The van der Waals surface area contributed by atoms with E-state index in [2.05, 4.69) is 9.97 Å². The van der Waals surface area contributed by atoms with Gasteiger partial charge in [-0.1, -0.05) is 6.07 Å². The van der Waals surface area contributed by atoms with Crippen molar-refractivity contribution in [3.8, 4) is 22.8 Å². The fourth-order valence-electron chi connectivity index (χ4n) is 2.79. The highest BCUT2D eigenvalue weighted by Gasteiger charge is 2.15. The number of halogens is 1. The molecule has 0 spiro atoms. The lowest BCUT2D eigenvalue weighted by Crippen LogP contribution is -2.17. The van der Waals surface area contributed by atoms with Gasteiger partial charge in [0.05, 0.1) is 0 Å². The SMILES string of the molecule is Cn1cc(-c2cccnc2Oc2ccc(F)cc2)c2cccnc2c1=O. The predicted octanol–water partition coefficient (Wildman–Crippen LogP) is 3.93. The molecule has 1 aromatic carbocycles. The third kappa shape index (κ3) is 2.82. The Balaban J connectivity index is 1.90. The third-order valence-electron chi connectivity index (χ3n) is 4.03. The van der Waals surface area contributed by atoms with Crippen LogP contribution < -0.4 is 10.3 Å². The zero-order valence-electron chi connectivity index (χ0n) is 13.9. The van der Waals surface area contributed by atoms with Crippen LogP contribution in [0.5, 0.6) is 11.6 Å². The lowest BCUT2D eigenvalue weighted by molar-refractivity contribution is 0.463. The van der Waals surface area contributed by atoms with E-state index in [1.807, 2.05) is 12.1 Å². The Bertz CT molecular complexity index is 1150. The monoisotopic (exact) mass is 347 g/mol. The van der Waals surface area contributed by atoms with Crippen molar-refractivity contribution in [2.75, 3.05) is 0 Å². The van der Waals surface area contributed by atoms with E-state index < -0.39 is 0 Å². The molecule has 0 aliphatic carbocycles. The zero-order chi connectivity index (χ0) is 18.1. The van der Waals surface area contributed by atoms with E-state index in [1.54, 1.807) is 37.8 Å². The van der Waals surface area contributed by atoms with Gasteiger partial charge in [0.15, 0.2) is 0 Å². The van der Waals surface area contributed by atoms with Crippen LogP contribution in [-0.4, -0.2) is 14.5 Å². The maximum atomic E-state index is 13.1. The van der Waals surface area contributed by atoms with Gasteiger partial charge in [0, 0.05) is 42.2 Å². The molecule has 0 saturated carbocycles. The first-order valence-electron chi connectivity index (χ1n) is 7.96. The summed E-state index contributed by atoms with van der Waals surface area (Å²) in [5, 5.41) is 0.715. The summed E-state index contributed by atoms with van der Waals surface area (Å²) in [7, 11) is 1.68. The second kappa shape index (κ2) is 6.40. The Morgan fingerprint density at radius 3 is 2.50 bits per heavy atom. The molecule has 3 heterocycles. The molecule has 4 aromatic rings. The highest BCUT2D eigenvalue weighted by atomic mass is 19.1. The predicted molar refractivity (Wildman–Crippen MR) is 96.7 cm³/mol. The summed E-state index contributed by atoms with van der Waals surface area (Å²) in [6.45, 7) is 0. The van der Waals surface area contributed by atoms with Crippen LogP contribution in [0, 0.1) is 5.82 Å². The number of benzene rings is 1. The van der Waals surface area contributed by atoms with Crippen molar-refractivity contribution >= 4 is 10.9 Å². The van der Waals surface area contributed by atoms with Gasteiger partial charge in [-0.05, 0) is 42.5 Å². The van der Waals surface area contributed by atoms with Crippen LogP contribution >= 0.6 is 0 Å². The van der Waals surface area contributed by atoms with Crippen molar-refractivity contribution < 1.29 is 9.13 Å². The van der Waals surface area contributed by atoms with Crippen molar-refractivity contribution in [1.82, 2.24) is 14.5 Å². The average Bonchev–Trinajstić information content (AvgIpc) is 2.67. The molecule has 128 valence electrons. The molecule has 0 bridgehead atoms. The molecule has 0 radical (unpaired) electrons. The Morgan fingerprint density at radius 2 is 1.69 bits per heavy atom. The van der Waals surface area contributed by atoms with Gasteiger partial charge in [-0.25, -0.2) is 9.37 Å². The minimum absolute atomic E-state index is 0.172. The standard InChI is InChI=1S/C20H14FN3O2/c1-24-12-17(15-4-2-10-22-18(15)20(24)25)16-5-3-11-23-19(16)26-14-8-6-13(21)7-9-14/h2-12H,1H3. The van der Waals surface area contributed by atoms with Crippen LogP contribution in [0.4, 0.5) is 4.39 Å². The lowest BCUT2D eigenvalue weighted by atomic mass is 10.0. The van der Waals surface area contributed by atoms with E-state index >= 15 is 0 Å². The molecule has 0 unspecified atom stereocenters. The van der Waals surface area contributed by atoms with E-state index in [0.29, 0.717) is 28.1 Å². The van der Waals surface area contributed by atoms with Crippen LogP contribution in [0.15, 0.2) is 71.9 Å². The molecule has 0 aliphatic heterocycles. The van der Waals surface area contributed by atoms with Gasteiger partial charge < -0.3 is 9.30 Å². The average molecular weight is 347 g/mol. The topological polar surface area (TPSA) is 57.0 Å². The fourth-order valence-corrected chi connectivity index (χ4v) is 2.79. The van der Waals surface area contributed by atoms with Crippen molar-refractivity contribution in [3.63, 3.8) is 0 Å². The molecular formula is C20H14FN3O2. The van der Waals surface area contributed by atoms with E-state index in [0.717, 1.165) is 5.56 Å². The van der Waals surface area contributed by atoms with Crippen LogP contribution in [0.1, 0.15) is 0 Å². The summed E-state index contributed by atoms with van der Waals surface area (Å²) in [5.41, 5.74) is 1.70. The number of aromatic nitrogens is 3. The lowest BCUT2D eigenvalue weighted by Gasteiger charge is -2.13. The second-order valence-electron chi connectivity index (χ2n) is 5.77. The summed E-state index contributed by atoms with van der Waals surface area (Å²) >= 11 is 0. The first-order chi connectivity index (χ1) is 12.6. The van der Waals surface area contributed by atoms with Gasteiger partial charge in [-0.3, -0.25) is 9.78 Å². The van der Waals surface area contributed by atoms with Gasteiger partial charge in [0.25, 0.3) is 5.56 Å². The number of fused-ring (bicyclic) bond motifs is 1. The smallest absolute Gasteiger partial charge is 0.276 e. The summed E-state index contributed by atoms with van der Waals surface area (Å²) in [5.74, 6) is 0.496. The normalized spacial score (nSPS) is 10.8. The molecule has 0 atom stereocenters. The van der Waals surface area contributed by atoms with Gasteiger partial charge in [-0.2, -0.15) is 0 Å². The highest BCUT2D eigenvalue weighted by molar-refractivity contribution is 5.94. The van der Waals surface area contributed by atoms with Gasteiger partial charge in [0.2, 0.25) is 5.88 Å². The number of aryl methyl sites for hydroxylation is 1. The maximum Gasteiger partial charge on any atom is 0.276 e. The first kappa shape index (κ1) is 16.0. The second-order valence-corrected chi connectivity index (χ2v) is 5.77. The number of rotatable bonds is 3. The van der Waals surface area contributed by atoms with Crippen LogP contribution in [0.25, 0.3) is 22.0 Å². The first-order valence-corrected chi connectivity index (χ1v) is 7.96. The molecule has 26 heavy (non-hydrogen) atoms. The number of hydrogen-bond acceptors (Lipinski definition) is 4. The molecule has 0 aliphatic rings. The van der Waals surface area contributed by atoms with E-state index in [-0.39, 0.29) is 11.4 Å². The van der Waals surface area contributed by atoms with Crippen LogP contribution in [0.2, 0.25) is 0 Å². The van der Waals surface area contributed by atoms with E-state index in [1.165, 1.54) is 28.8 Å². The Hall–Kier alpha value is -3.54. The zero-order valence-corrected chi connectivity index (χ0v) is 13.9. The highest BCUT2D eigenvalue weighted by Crippen LogP contribution is 2.34. The number of pyridine rings is 3. The summed E-state index contributed by atoms with van der Waals surface area (Å²) in [6.07, 6.45) is 4.94. The number of hydrogen-bond donors (Lipinski definition) is 0. The number of nitrogens with zero attached hydrogens (tertiary/aromatic N) is 3. The molecule has 0 N–H and O–H groups in total. The molecule has 5 nitrogen and oxygen atoms in total. The van der Waals surface area contributed by atoms with Crippen LogP contribution in [0.3, 0.4) is 0 Å². The fraction of sp³-hybridized carbons (Fsp3) is 0.0500. The van der Waals surface area contributed by atoms with Gasteiger partial charge in [0.1, 0.15) is 17.1 Å². The molecule has 4 rings (SSSR count). The minimum Gasteiger partial charge on any atom is -0.438 e. The molecule has 0 saturated heterocycles. The van der Waals surface area contributed by atoms with E-state index in [4.69, 9.17) is 4.74 Å². The number of ether oxygens (including phenoxy) is 1. The molecule has 3 aromatic heterocycles. The Kier molecular flexibility index (Phi) is 3.93. The summed E-state index contributed by atoms with van der Waals surface area (Å²) in [6, 6.07) is 13.0. The van der Waals surface area contributed by atoms with Gasteiger partial charge in [-0.15, -0.1) is 0 Å². The Morgan fingerprint density at radius 1 is 0.962 bits per heavy atom. The summed E-state index contributed by atoms with van der Waals surface area (Å²) < 4.78 is 20.5. The van der Waals surface area contributed by atoms with Crippen molar-refractivity contribution in [2.45, 2.75) is 0 Å². The van der Waals surface area contributed by atoms with Crippen LogP contribution in [-0.2, 0) is 7.05 Å². The molecular weight excluding hydrogens is 333 g/mol. The van der Waals surface area contributed by atoms with Gasteiger partial charge >= 0.3 is 0 Å². The molecule has 0 fully saturated rings. The van der Waals surface area contributed by atoms with E-state index in [9.17, 15) is 9.18 Å². The van der Waals surface area contributed by atoms with Crippen molar-refractivity contribution in [2.24, 2.45) is 7.05 Å². The van der Waals surface area contributed by atoms with Crippen molar-refractivity contribution in [3.05, 3.63) is 83.3 Å². The van der Waals surface area contributed by atoms with Crippen molar-refractivity contribution in [1.29, 1.82) is 0 Å². The summed E-state index contributed by atoms with van der Waals surface area (Å²) in [4.78, 5) is 20.9. The minimum atomic E-state index is -0.339. The quantitative estimate of drug-likeness (QED) is 0.563. The Labute approximate surface area is 148 Å². The maximum absolute atomic E-state index is 13.1. The largest absolute Gasteiger partial charge is 0.438 e. The molecule has 6 heteroatoms. The molecule has 0 amide bonds.